The van der Waals surface area contributed by atoms with Crippen LogP contribution in [-0.2, 0) is 0 Å². The number of allylic oxidation sites excluding steroid dienone is 2. The van der Waals surface area contributed by atoms with Crippen molar-refractivity contribution in [1.29, 1.82) is 0 Å². The molecule has 2 nitrogen and oxygen atoms in total. The summed E-state index contributed by atoms with van der Waals surface area (Å²) in [5.74, 6) is 0. The van der Waals surface area contributed by atoms with Crippen LogP contribution in [0.2, 0.25) is 0 Å². The summed E-state index contributed by atoms with van der Waals surface area (Å²) < 4.78 is 0. The minimum atomic E-state index is 0.992. The number of hydrogen-bond donors (Lipinski definition) is 2. The normalized spacial score (nSPS) is 17.8. The van der Waals surface area contributed by atoms with Gasteiger partial charge in [0.2, 0.25) is 0 Å². The molecule has 1 heterocycles. The Balaban J connectivity index is 2.79. The molecule has 0 aromatic rings. The highest BCUT2D eigenvalue weighted by atomic mass is 15.4. The van der Waals surface area contributed by atoms with Gasteiger partial charge in [-0.05, 0) is 18.9 Å². The van der Waals surface area contributed by atoms with Crippen molar-refractivity contribution in [1.82, 2.24) is 10.9 Å². The van der Waals surface area contributed by atoms with Crippen molar-refractivity contribution in [3.63, 3.8) is 0 Å². The maximum Gasteiger partial charge on any atom is 0.0515 e. The molecule has 9 heavy (non-hydrogen) atoms. The first kappa shape index (κ1) is 6.20. The van der Waals surface area contributed by atoms with Crippen molar-refractivity contribution < 1.29 is 0 Å². The molecule has 0 bridgehead atoms. The first-order valence-corrected chi connectivity index (χ1v) is 3.16. The van der Waals surface area contributed by atoms with Gasteiger partial charge in [0.05, 0.1) is 5.70 Å². The van der Waals surface area contributed by atoms with E-state index in [4.69, 9.17) is 0 Å². The highest BCUT2D eigenvalue weighted by Gasteiger charge is 2.09. The second-order valence-electron chi connectivity index (χ2n) is 2.19. The van der Waals surface area contributed by atoms with E-state index in [9.17, 15) is 0 Å². The zero-order valence-corrected chi connectivity index (χ0v) is 5.91. The van der Waals surface area contributed by atoms with Crippen LogP contribution in [0.25, 0.3) is 0 Å². The molecule has 2 N–H and O–H groups in total. The maximum atomic E-state index is 3.80. The third-order valence-electron chi connectivity index (χ3n) is 1.62. The van der Waals surface area contributed by atoms with Crippen molar-refractivity contribution in [3.8, 4) is 0 Å². The van der Waals surface area contributed by atoms with Crippen molar-refractivity contribution in [2.24, 2.45) is 0 Å². The standard InChI is InChI=1S/C7H12N2/c1-4-7-5(2)6(3)8-9-7/h8-9H,3-4H2,1-2H3. The summed E-state index contributed by atoms with van der Waals surface area (Å²) in [5, 5.41) is 0. The lowest BCUT2D eigenvalue weighted by atomic mass is 10.2. The molecule has 0 aliphatic carbocycles. The summed E-state index contributed by atoms with van der Waals surface area (Å²) in [6.45, 7) is 7.98. The average Bonchev–Trinajstić information content (AvgIpc) is 2.15. The maximum absolute atomic E-state index is 3.80. The molecule has 2 heteroatoms. The van der Waals surface area contributed by atoms with Gasteiger partial charge in [0.25, 0.3) is 0 Å². The Morgan fingerprint density at radius 2 is 2.11 bits per heavy atom. The quantitative estimate of drug-likeness (QED) is 0.550. The molecular formula is C7H12N2. The summed E-state index contributed by atoms with van der Waals surface area (Å²) >= 11 is 0. The topological polar surface area (TPSA) is 24.1 Å². The van der Waals surface area contributed by atoms with Crippen LogP contribution in [0.5, 0.6) is 0 Å². The predicted octanol–water partition coefficient (Wildman–Crippen LogP) is 1.29. The van der Waals surface area contributed by atoms with Crippen LogP contribution in [0.15, 0.2) is 23.5 Å². The van der Waals surface area contributed by atoms with Crippen molar-refractivity contribution >= 4 is 0 Å². The van der Waals surface area contributed by atoms with E-state index in [0.717, 1.165) is 12.1 Å². The van der Waals surface area contributed by atoms with Crippen LogP contribution >= 0.6 is 0 Å². The Hall–Kier alpha value is -0.920. The number of rotatable bonds is 1. The first-order valence-electron chi connectivity index (χ1n) is 3.16. The summed E-state index contributed by atoms with van der Waals surface area (Å²) in [6.07, 6.45) is 1.04. The summed E-state index contributed by atoms with van der Waals surface area (Å²) in [6, 6.07) is 0. The molecule has 0 saturated carbocycles. The first-order chi connectivity index (χ1) is 4.25. The smallest absolute Gasteiger partial charge is 0.0515 e. The highest BCUT2D eigenvalue weighted by Crippen LogP contribution is 2.14. The van der Waals surface area contributed by atoms with E-state index in [2.05, 4.69) is 31.3 Å². The molecule has 0 amide bonds. The monoisotopic (exact) mass is 124 g/mol. The van der Waals surface area contributed by atoms with Crippen LogP contribution in [0, 0.1) is 0 Å². The average molecular weight is 124 g/mol. The van der Waals surface area contributed by atoms with Gasteiger partial charge >= 0.3 is 0 Å². The van der Waals surface area contributed by atoms with E-state index in [1.54, 1.807) is 0 Å². The van der Waals surface area contributed by atoms with Gasteiger partial charge in [-0.15, -0.1) is 0 Å². The van der Waals surface area contributed by atoms with E-state index in [1.165, 1.54) is 11.3 Å². The van der Waals surface area contributed by atoms with Gasteiger partial charge in [-0.2, -0.15) is 0 Å². The van der Waals surface area contributed by atoms with Crippen molar-refractivity contribution in [2.75, 3.05) is 0 Å². The number of hydrazine groups is 1. The molecular weight excluding hydrogens is 112 g/mol. The molecule has 1 rings (SSSR count). The summed E-state index contributed by atoms with van der Waals surface area (Å²) in [7, 11) is 0. The fraction of sp³-hybridized carbons (Fsp3) is 0.429. The third-order valence-corrected chi connectivity index (χ3v) is 1.62. The Bertz CT molecular complexity index is 168. The van der Waals surface area contributed by atoms with Gasteiger partial charge in [-0.25, -0.2) is 0 Å². The second-order valence-corrected chi connectivity index (χ2v) is 2.19. The van der Waals surface area contributed by atoms with Crippen LogP contribution in [-0.4, -0.2) is 0 Å². The Morgan fingerprint density at radius 1 is 1.44 bits per heavy atom. The Morgan fingerprint density at radius 3 is 2.33 bits per heavy atom. The Labute approximate surface area is 55.6 Å². The van der Waals surface area contributed by atoms with E-state index in [0.29, 0.717) is 0 Å². The van der Waals surface area contributed by atoms with Gasteiger partial charge in [0.1, 0.15) is 0 Å². The van der Waals surface area contributed by atoms with Gasteiger partial charge < -0.3 is 10.9 Å². The molecule has 0 atom stereocenters. The molecule has 0 radical (unpaired) electrons. The minimum Gasteiger partial charge on any atom is -0.305 e. The zero-order valence-electron chi connectivity index (χ0n) is 5.91. The number of nitrogens with one attached hydrogen (secondary N) is 2. The molecule has 1 aliphatic heterocycles. The SMILES string of the molecule is C=C1NNC(CC)=C1C. The van der Waals surface area contributed by atoms with Crippen molar-refractivity contribution in [2.45, 2.75) is 20.3 Å². The number of hydrogen-bond acceptors (Lipinski definition) is 2. The lowest BCUT2D eigenvalue weighted by molar-refractivity contribution is 0.726. The third kappa shape index (κ3) is 0.922. The van der Waals surface area contributed by atoms with Gasteiger partial charge in [0.15, 0.2) is 0 Å². The van der Waals surface area contributed by atoms with E-state index in [-0.39, 0.29) is 0 Å². The van der Waals surface area contributed by atoms with Gasteiger partial charge in [-0.1, -0.05) is 13.5 Å². The lowest BCUT2D eigenvalue weighted by Gasteiger charge is -1.97. The minimum absolute atomic E-state index is 0.992. The molecule has 0 spiro atoms. The van der Waals surface area contributed by atoms with Crippen molar-refractivity contribution in [3.05, 3.63) is 23.5 Å². The van der Waals surface area contributed by atoms with E-state index < -0.39 is 0 Å². The Kier molecular flexibility index (Phi) is 1.47. The van der Waals surface area contributed by atoms with Crippen LogP contribution < -0.4 is 10.9 Å². The second kappa shape index (κ2) is 2.13. The van der Waals surface area contributed by atoms with Gasteiger partial charge in [-0.3, -0.25) is 0 Å². The van der Waals surface area contributed by atoms with Crippen LogP contribution in [0.3, 0.4) is 0 Å². The highest BCUT2D eigenvalue weighted by molar-refractivity contribution is 5.33. The molecule has 0 aromatic carbocycles. The summed E-state index contributed by atoms with van der Waals surface area (Å²) in [4.78, 5) is 0. The zero-order chi connectivity index (χ0) is 6.85. The lowest BCUT2D eigenvalue weighted by Crippen LogP contribution is -2.21. The fourth-order valence-corrected chi connectivity index (χ4v) is 0.874. The molecule has 0 unspecified atom stereocenters. The fourth-order valence-electron chi connectivity index (χ4n) is 0.874. The predicted molar refractivity (Wildman–Crippen MR) is 38.4 cm³/mol. The van der Waals surface area contributed by atoms with E-state index >= 15 is 0 Å². The molecule has 50 valence electrons. The molecule has 1 aliphatic rings. The molecule has 0 saturated heterocycles. The van der Waals surface area contributed by atoms with Crippen LogP contribution in [0.4, 0.5) is 0 Å². The van der Waals surface area contributed by atoms with Gasteiger partial charge in [0, 0.05) is 5.70 Å². The molecule has 0 aromatic heterocycles. The molecule has 0 fully saturated rings. The van der Waals surface area contributed by atoms with Crippen LogP contribution in [0.1, 0.15) is 20.3 Å². The largest absolute Gasteiger partial charge is 0.305 e. The summed E-state index contributed by atoms with van der Waals surface area (Å²) in [5.41, 5.74) is 9.48. The van der Waals surface area contributed by atoms with E-state index in [1.807, 2.05) is 0 Å².